The van der Waals surface area contributed by atoms with Gasteiger partial charge in [-0.1, -0.05) is 12.1 Å². The number of carbonyl (C=O) groups excluding carboxylic acids is 1. The summed E-state index contributed by atoms with van der Waals surface area (Å²) >= 11 is 6.42. The molecule has 0 saturated carbocycles. The largest absolute Gasteiger partial charge is 0.485 e. The zero-order valence-corrected chi connectivity index (χ0v) is 15.4. The van der Waals surface area contributed by atoms with Gasteiger partial charge in [0.1, 0.15) is 6.61 Å². The third kappa shape index (κ3) is 3.17. The molecular formula is C16H11BrN2O3S2. The number of fused-ring (bicyclic) bond motifs is 1. The number of amides is 1. The molecule has 4 rings (SSSR count). The molecule has 2 aromatic heterocycles. The van der Waals surface area contributed by atoms with E-state index in [1.165, 1.54) is 11.3 Å². The van der Waals surface area contributed by atoms with Crippen LogP contribution in [0.3, 0.4) is 0 Å². The fourth-order valence-corrected chi connectivity index (χ4v) is 4.37. The van der Waals surface area contributed by atoms with E-state index in [0.717, 1.165) is 14.4 Å². The topological polar surface area (TPSA) is 60.5 Å². The summed E-state index contributed by atoms with van der Waals surface area (Å²) < 4.78 is 12.3. The number of nitrogens with zero attached hydrogens (tertiary/aromatic N) is 1. The molecule has 0 bridgehead atoms. The quantitative estimate of drug-likeness (QED) is 0.678. The van der Waals surface area contributed by atoms with Crippen molar-refractivity contribution < 1.29 is 14.3 Å². The van der Waals surface area contributed by atoms with E-state index in [9.17, 15) is 4.79 Å². The second kappa shape index (κ2) is 6.54. The van der Waals surface area contributed by atoms with Crippen LogP contribution in [0.4, 0.5) is 5.13 Å². The summed E-state index contributed by atoms with van der Waals surface area (Å²) in [4.78, 5) is 17.9. The Morgan fingerprint density at radius 2 is 2.08 bits per heavy atom. The van der Waals surface area contributed by atoms with Crippen LogP contribution in [0.25, 0.3) is 10.6 Å². The summed E-state index contributed by atoms with van der Waals surface area (Å²) in [5.41, 5.74) is 0.845. The van der Waals surface area contributed by atoms with Gasteiger partial charge in [-0.25, -0.2) is 4.98 Å². The number of rotatable bonds is 3. The summed E-state index contributed by atoms with van der Waals surface area (Å²) in [6, 6.07) is 11.3. The predicted octanol–water partition coefficient (Wildman–Crippen LogP) is 4.41. The third-order valence-corrected chi connectivity index (χ3v) is 5.76. The first kappa shape index (κ1) is 15.6. The van der Waals surface area contributed by atoms with Gasteiger partial charge in [0.2, 0.25) is 6.10 Å². The third-order valence-electron chi connectivity index (χ3n) is 3.36. The summed E-state index contributed by atoms with van der Waals surface area (Å²) in [7, 11) is 0. The highest BCUT2D eigenvalue weighted by atomic mass is 79.9. The van der Waals surface area contributed by atoms with E-state index in [1.54, 1.807) is 17.4 Å². The number of halogens is 1. The van der Waals surface area contributed by atoms with Gasteiger partial charge in [-0.05, 0) is 40.2 Å². The van der Waals surface area contributed by atoms with Gasteiger partial charge in [-0.2, -0.15) is 0 Å². The summed E-state index contributed by atoms with van der Waals surface area (Å²) in [5.74, 6) is 0.964. The highest BCUT2D eigenvalue weighted by Crippen LogP contribution is 2.34. The van der Waals surface area contributed by atoms with Crippen molar-refractivity contribution in [2.45, 2.75) is 6.10 Å². The highest BCUT2D eigenvalue weighted by molar-refractivity contribution is 9.11. The number of benzene rings is 1. The lowest BCUT2D eigenvalue weighted by atomic mass is 10.2. The van der Waals surface area contributed by atoms with Crippen molar-refractivity contribution in [2.75, 3.05) is 11.9 Å². The molecule has 1 aromatic carbocycles. The van der Waals surface area contributed by atoms with Crippen molar-refractivity contribution in [1.82, 2.24) is 4.98 Å². The van der Waals surface area contributed by atoms with Gasteiger partial charge >= 0.3 is 0 Å². The second-order valence-corrected chi connectivity index (χ2v) is 8.32. The van der Waals surface area contributed by atoms with E-state index >= 15 is 0 Å². The smallest absolute Gasteiger partial charge is 0.270 e. The first-order valence-electron chi connectivity index (χ1n) is 7.09. The number of anilines is 1. The molecule has 1 aliphatic heterocycles. The van der Waals surface area contributed by atoms with Crippen molar-refractivity contribution in [2.24, 2.45) is 0 Å². The first-order valence-corrected chi connectivity index (χ1v) is 9.58. The zero-order valence-electron chi connectivity index (χ0n) is 12.2. The van der Waals surface area contributed by atoms with Crippen LogP contribution in [0.1, 0.15) is 0 Å². The van der Waals surface area contributed by atoms with Gasteiger partial charge in [0, 0.05) is 5.38 Å². The van der Waals surface area contributed by atoms with E-state index in [4.69, 9.17) is 9.47 Å². The van der Waals surface area contributed by atoms with E-state index in [2.05, 4.69) is 26.2 Å². The Kier molecular flexibility index (Phi) is 4.26. The molecule has 1 N–H and O–H groups in total. The molecule has 8 heteroatoms. The molecule has 24 heavy (non-hydrogen) atoms. The lowest BCUT2D eigenvalue weighted by Gasteiger charge is -2.25. The van der Waals surface area contributed by atoms with E-state index in [-0.39, 0.29) is 12.5 Å². The van der Waals surface area contributed by atoms with Crippen molar-refractivity contribution in [3.05, 3.63) is 45.6 Å². The number of aromatic nitrogens is 1. The molecule has 0 aliphatic carbocycles. The van der Waals surface area contributed by atoms with Crippen LogP contribution in [0.5, 0.6) is 11.5 Å². The molecule has 0 radical (unpaired) electrons. The molecule has 0 spiro atoms. The van der Waals surface area contributed by atoms with Gasteiger partial charge in [-0.3, -0.25) is 10.1 Å². The Balaban J connectivity index is 1.44. The molecule has 1 amide bonds. The van der Waals surface area contributed by atoms with Crippen LogP contribution in [-0.4, -0.2) is 23.6 Å². The molecule has 5 nitrogen and oxygen atoms in total. The van der Waals surface area contributed by atoms with E-state index in [0.29, 0.717) is 16.6 Å². The molecule has 1 aliphatic rings. The van der Waals surface area contributed by atoms with Crippen LogP contribution in [-0.2, 0) is 4.79 Å². The van der Waals surface area contributed by atoms with Gasteiger partial charge in [0.15, 0.2) is 16.6 Å². The Labute approximate surface area is 154 Å². The van der Waals surface area contributed by atoms with Crippen LogP contribution in [0, 0.1) is 0 Å². The number of carbonyl (C=O) groups is 1. The van der Waals surface area contributed by atoms with E-state index in [1.807, 2.05) is 35.7 Å². The standard InChI is InChI=1S/C16H11BrN2O3S2/c17-14-6-5-13(24-14)9-8-23-16(18-9)19-15(20)12-7-21-10-3-1-2-4-11(10)22-12/h1-6,8,12H,7H2,(H,18,19,20)/t12-/m1/s1. The number of thiazole rings is 1. The fraction of sp³-hybridized carbons (Fsp3) is 0.125. The number of nitrogens with one attached hydrogen (secondary N) is 1. The molecule has 0 saturated heterocycles. The Hall–Kier alpha value is -1.90. The van der Waals surface area contributed by atoms with Crippen molar-refractivity contribution in [1.29, 1.82) is 0 Å². The SMILES string of the molecule is O=C(Nc1nc(-c2ccc(Br)s2)cs1)[C@H]1COc2ccccc2O1. The van der Waals surface area contributed by atoms with Crippen LogP contribution < -0.4 is 14.8 Å². The van der Waals surface area contributed by atoms with Crippen molar-refractivity contribution >= 4 is 49.6 Å². The molecule has 3 aromatic rings. The minimum atomic E-state index is -0.692. The average molecular weight is 423 g/mol. The Morgan fingerprint density at radius 3 is 2.88 bits per heavy atom. The van der Waals surface area contributed by atoms with Crippen LogP contribution in [0.2, 0.25) is 0 Å². The number of hydrogen-bond donors (Lipinski definition) is 1. The first-order chi connectivity index (χ1) is 11.7. The number of thiophene rings is 1. The Morgan fingerprint density at radius 1 is 1.25 bits per heavy atom. The Bertz CT molecular complexity index is 893. The molecule has 3 heterocycles. The van der Waals surface area contributed by atoms with Crippen LogP contribution >= 0.6 is 38.6 Å². The average Bonchev–Trinajstić information content (AvgIpc) is 3.23. The molecule has 0 unspecified atom stereocenters. The normalized spacial score (nSPS) is 16.0. The molecule has 122 valence electrons. The maximum absolute atomic E-state index is 12.4. The maximum Gasteiger partial charge on any atom is 0.270 e. The van der Waals surface area contributed by atoms with Gasteiger partial charge < -0.3 is 9.47 Å². The molecule has 0 fully saturated rings. The van der Waals surface area contributed by atoms with Crippen molar-refractivity contribution in [3.63, 3.8) is 0 Å². The van der Waals surface area contributed by atoms with Crippen LogP contribution in [0.15, 0.2) is 45.6 Å². The maximum atomic E-state index is 12.4. The lowest BCUT2D eigenvalue weighted by Crippen LogP contribution is -2.40. The minimum Gasteiger partial charge on any atom is -0.485 e. The predicted molar refractivity (Wildman–Crippen MR) is 98.1 cm³/mol. The monoisotopic (exact) mass is 422 g/mol. The van der Waals surface area contributed by atoms with Gasteiger partial charge in [0.25, 0.3) is 5.91 Å². The highest BCUT2D eigenvalue weighted by Gasteiger charge is 2.27. The number of ether oxygens (including phenoxy) is 2. The summed E-state index contributed by atoms with van der Waals surface area (Å²) in [6.07, 6.45) is -0.692. The number of hydrogen-bond acceptors (Lipinski definition) is 6. The zero-order chi connectivity index (χ0) is 16.5. The van der Waals surface area contributed by atoms with Gasteiger partial charge in [-0.15, -0.1) is 22.7 Å². The number of para-hydroxylation sites is 2. The molecular weight excluding hydrogens is 412 g/mol. The lowest BCUT2D eigenvalue weighted by molar-refractivity contribution is -0.125. The summed E-state index contributed by atoms with van der Waals surface area (Å²) in [6.45, 7) is 0.180. The minimum absolute atomic E-state index is 0.180. The fourth-order valence-electron chi connectivity index (χ4n) is 2.23. The summed E-state index contributed by atoms with van der Waals surface area (Å²) in [5, 5.41) is 5.26. The van der Waals surface area contributed by atoms with Gasteiger partial charge in [0.05, 0.1) is 14.4 Å². The van der Waals surface area contributed by atoms with Crippen molar-refractivity contribution in [3.8, 4) is 22.1 Å². The second-order valence-electron chi connectivity index (χ2n) is 5.00. The van der Waals surface area contributed by atoms with E-state index < -0.39 is 6.10 Å². The molecule has 1 atom stereocenters.